The predicted molar refractivity (Wildman–Crippen MR) is 73.2 cm³/mol. The van der Waals surface area contributed by atoms with Crippen molar-refractivity contribution < 1.29 is 13.9 Å². The number of hydrogen-bond acceptors (Lipinski definition) is 2. The summed E-state index contributed by atoms with van der Waals surface area (Å²) in [6.07, 6.45) is 2.09. The highest BCUT2D eigenvalue weighted by Gasteiger charge is 2.49. The van der Waals surface area contributed by atoms with Crippen LogP contribution in [0.1, 0.15) is 24.9 Å². The minimum atomic E-state index is -0.811. The first-order valence-corrected chi connectivity index (χ1v) is 6.70. The minimum absolute atomic E-state index is 0.0266. The summed E-state index contributed by atoms with van der Waals surface area (Å²) < 4.78 is 20.1. The Morgan fingerprint density at radius 3 is 3.15 bits per heavy atom. The largest absolute Gasteiger partial charge is 0.468 e. The molecular formula is C14H14ClFN2O2. The molecule has 2 aliphatic heterocycles. The van der Waals surface area contributed by atoms with Crippen LogP contribution in [0.3, 0.4) is 0 Å². The van der Waals surface area contributed by atoms with Crippen molar-refractivity contribution in [1.82, 2.24) is 10.2 Å². The van der Waals surface area contributed by atoms with Gasteiger partial charge in [0.05, 0.1) is 16.6 Å². The summed E-state index contributed by atoms with van der Waals surface area (Å²) in [5, 5.41) is 2.82. The van der Waals surface area contributed by atoms with Gasteiger partial charge in [0.2, 0.25) is 0 Å². The van der Waals surface area contributed by atoms with Gasteiger partial charge < -0.3 is 10.1 Å². The molecule has 0 spiro atoms. The lowest BCUT2D eigenvalue weighted by molar-refractivity contribution is -0.0796. The normalized spacial score (nSPS) is 27.4. The third kappa shape index (κ3) is 1.77. The van der Waals surface area contributed by atoms with Crippen molar-refractivity contribution in [3.05, 3.63) is 41.2 Å². The zero-order valence-corrected chi connectivity index (χ0v) is 11.7. The molecule has 3 rings (SSSR count). The molecule has 1 saturated heterocycles. The van der Waals surface area contributed by atoms with Crippen LogP contribution in [0, 0.1) is 5.82 Å². The maximum atomic E-state index is 14.2. The highest BCUT2D eigenvalue weighted by molar-refractivity contribution is 6.30. The molecule has 0 aliphatic carbocycles. The smallest absolute Gasteiger partial charge is 0.321 e. The highest BCUT2D eigenvalue weighted by atomic mass is 35.5. The van der Waals surface area contributed by atoms with Gasteiger partial charge in [-0.3, -0.25) is 4.90 Å². The summed E-state index contributed by atoms with van der Waals surface area (Å²) in [6, 6.07) is 2.36. The van der Waals surface area contributed by atoms with Gasteiger partial charge in [0, 0.05) is 13.0 Å². The fourth-order valence-corrected chi connectivity index (χ4v) is 3.02. The van der Waals surface area contributed by atoms with E-state index in [1.54, 1.807) is 17.0 Å². The van der Waals surface area contributed by atoms with Crippen LogP contribution in [-0.2, 0) is 0 Å². The maximum absolute atomic E-state index is 14.2. The number of urea groups is 1. The number of nitrogens with one attached hydrogen (secondary N) is 1. The summed E-state index contributed by atoms with van der Waals surface area (Å²) in [7, 11) is 0. The third-order valence-electron chi connectivity index (χ3n) is 3.78. The Labute approximate surface area is 121 Å². The monoisotopic (exact) mass is 296 g/mol. The Morgan fingerprint density at radius 2 is 2.45 bits per heavy atom. The molecular weight excluding hydrogens is 283 g/mol. The number of fused-ring (bicyclic) bond motifs is 4. The quantitative estimate of drug-likeness (QED) is 0.851. The highest BCUT2D eigenvalue weighted by Crippen LogP contribution is 2.46. The van der Waals surface area contributed by atoms with Gasteiger partial charge in [-0.25, -0.2) is 9.18 Å². The van der Waals surface area contributed by atoms with Gasteiger partial charge in [0.25, 0.3) is 0 Å². The van der Waals surface area contributed by atoms with Crippen LogP contribution in [0.5, 0.6) is 5.75 Å². The number of carbonyl (C=O) groups is 1. The lowest BCUT2D eigenvalue weighted by Gasteiger charge is -2.50. The van der Waals surface area contributed by atoms with Crippen LogP contribution in [0.25, 0.3) is 0 Å². The van der Waals surface area contributed by atoms with Gasteiger partial charge in [-0.1, -0.05) is 17.7 Å². The molecule has 1 aromatic rings. The fraction of sp³-hybridized carbons (Fsp3) is 0.357. The van der Waals surface area contributed by atoms with Gasteiger partial charge in [-0.05, 0) is 19.1 Å². The standard InChI is InChI=1S/C14H14ClFN2O2/c1-3-6-18-13(19)17-9-7-14(18,2)20-10-5-4-8(15)12(16)11(9)10/h3-5,9H,1,6-7H2,2H3,(H,17,19). The van der Waals surface area contributed by atoms with E-state index in [2.05, 4.69) is 11.9 Å². The number of amides is 2. The van der Waals surface area contributed by atoms with Crippen molar-refractivity contribution in [2.75, 3.05) is 6.54 Å². The van der Waals surface area contributed by atoms with Crippen molar-refractivity contribution in [3.63, 3.8) is 0 Å². The van der Waals surface area contributed by atoms with E-state index in [0.717, 1.165) is 0 Å². The molecule has 0 aromatic heterocycles. The van der Waals surface area contributed by atoms with Crippen LogP contribution in [0.15, 0.2) is 24.8 Å². The Bertz CT molecular complexity index is 607. The molecule has 2 atom stereocenters. The lowest BCUT2D eigenvalue weighted by Crippen LogP contribution is -2.64. The molecule has 1 fully saturated rings. The Balaban J connectivity index is 2.10. The van der Waals surface area contributed by atoms with E-state index < -0.39 is 17.6 Å². The predicted octanol–water partition coefficient (Wildman–Crippen LogP) is 3.23. The van der Waals surface area contributed by atoms with E-state index in [-0.39, 0.29) is 11.1 Å². The molecule has 1 N–H and O–H groups in total. The molecule has 2 amide bonds. The molecule has 2 heterocycles. The minimum Gasteiger partial charge on any atom is -0.468 e. The number of benzene rings is 1. The van der Waals surface area contributed by atoms with Gasteiger partial charge in [-0.15, -0.1) is 6.58 Å². The number of hydrogen-bond donors (Lipinski definition) is 1. The second-order valence-corrected chi connectivity index (χ2v) is 5.56. The van der Waals surface area contributed by atoms with E-state index in [0.29, 0.717) is 24.3 Å². The SMILES string of the molecule is C=CCN1C(=O)NC2CC1(C)Oc1ccc(Cl)c(F)c12. The summed E-state index contributed by atoms with van der Waals surface area (Å²) in [5.74, 6) is -0.117. The summed E-state index contributed by atoms with van der Waals surface area (Å²) in [4.78, 5) is 13.7. The van der Waals surface area contributed by atoms with Crippen LogP contribution in [0.4, 0.5) is 9.18 Å². The van der Waals surface area contributed by atoms with E-state index >= 15 is 0 Å². The number of halogens is 2. The second kappa shape index (κ2) is 4.38. The van der Waals surface area contributed by atoms with E-state index in [4.69, 9.17) is 16.3 Å². The molecule has 1 aromatic carbocycles. The zero-order valence-electron chi connectivity index (χ0n) is 11.0. The number of rotatable bonds is 2. The Morgan fingerprint density at radius 1 is 1.70 bits per heavy atom. The molecule has 2 unspecified atom stereocenters. The van der Waals surface area contributed by atoms with E-state index in [1.165, 1.54) is 6.07 Å². The van der Waals surface area contributed by atoms with Crippen LogP contribution < -0.4 is 10.1 Å². The number of nitrogens with zero attached hydrogens (tertiary/aromatic N) is 1. The van der Waals surface area contributed by atoms with Crippen LogP contribution in [-0.4, -0.2) is 23.2 Å². The molecule has 106 valence electrons. The van der Waals surface area contributed by atoms with Crippen LogP contribution >= 0.6 is 11.6 Å². The fourth-order valence-electron chi connectivity index (χ4n) is 2.86. The molecule has 0 radical (unpaired) electrons. The van der Waals surface area contributed by atoms with E-state index in [1.807, 2.05) is 6.92 Å². The van der Waals surface area contributed by atoms with E-state index in [9.17, 15) is 9.18 Å². The Kier molecular flexibility index (Phi) is 2.90. The number of ether oxygens (including phenoxy) is 1. The van der Waals surface area contributed by atoms with Crippen LogP contribution in [0.2, 0.25) is 5.02 Å². The van der Waals surface area contributed by atoms with Gasteiger partial charge in [0.15, 0.2) is 11.5 Å². The molecule has 4 nitrogen and oxygen atoms in total. The molecule has 6 heteroatoms. The first-order valence-electron chi connectivity index (χ1n) is 6.32. The zero-order chi connectivity index (χ0) is 14.5. The van der Waals surface area contributed by atoms with Gasteiger partial charge >= 0.3 is 6.03 Å². The summed E-state index contributed by atoms with van der Waals surface area (Å²) in [5.41, 5.74) is -0.490. The van der Waals surface area contributed by atoms with Gasteiger partial charge in [-0.2, -0.15) is 0 Å². The number of carbonyl (C=O) groups excluding carboxylic acids is 1. The molecule has 20 heavy (non-hydrogen) atoms. The lowest BCUT2D eigenvalue weighted by atomic mass is 9.90. The average Bonchev–Trinajstić information content (AvgIpc) is 2.38. The average molecular weight is 297 g/mol. The van der Waals surface area contributed by atoms with Crippen molar-refractivity contribution in [2.24, 2.45) is 0 Å². The Hall–Kier alpha value is -1.75. The summed E-state index contributed by atoms with van der Waals surface area (Å²) >= 11 is 5.80. The third-order valence-corrected chi connectivity index (χ3v) is 4.07. The van der Waals surface area contributed by atoms with Crippen molar-refractivity contribution in [1.29, 1.82) is 0 Å². The maximum Gasteiger partial charge on any atom is 0.321 e. The molecule has 2 bridgehead atoms. The van der Waals surface area contributed by atoms with Crippen molar-refractivity contribution in [3.8, 4) is 5.75 Å². The first kappa shape index (κ1) is 13.2. The first-order chi connectivity index (χ1) is 9.46. The second-order valence-electron chi connectivity index (χ2n) is 5.16. The van der Waals surface area contributed by atoms with Crippen molar-refractivity contribution in [2.45, 2.75) is 25.1 Å². The summed E-state index contributed by atoms with van der Waals surface area (Å²) in [6.45, 7) is 5.82. The van der Waals surface area contributed by atoms with Gasteiger partial charge in [0.1, 0.15) is 5.75 Å². The topological polar surface area (TPSA) is 41.6 Å². The molecule has 2 aliphatic rings. The molecule has 0 saturated carbocycles. The van der Waals surface area contributed by atoms with Crippen molar-refractivity contribution >= 4 is 17.6 Å².